The largest absolute Gasteiger partial charge is 0.494 e. The lowest BCUT2D eigenvalue weighted by Crippen LogP contribution is -2.20. The number of nitrogens with one attached hydrogen (secondary N) is 3. The van der Waals surface area contributed by atoms with Crippen molar-refractivity contribution in [3.8, 4) is 5.75 Å². The molecule has 3 aromatic carbocycles. The van der Waals surface area contributed by atoms with Crippen LogP contribution in [0.25, 0.3) is 10.2 Å². The summed E-state index contributed by atoms with van der Waals surface area (Å²) in [5, 5.41) is 8.96. The highest BCUT2D eigenvalue weighted by Gasteiger charge is 2.15. The monoisotopic (exact) mass is 446 g/mol. The number of anilines is 3. The summed E-state index contributed by atoms with van der Waals surface area (Å²) >= 11 is 1.30. The Morgan fingerprint density at radius 1 is 0.938 bits per heavy atom. The van der Waals surface area contributed by atoms with Crippen molar-refractivity contribution in [3.05, 3.63) is 77.4 Å². The number of carbonyl (C=O) groups is 2. The number of hydrogen-bond donors (Lipinski definition) is 3. The Kier molecular flexibility index (Phi) is 6.04. The molecule has 0 saturated carbocycles. The number of urea groups is 1. The van der Waals surface area contributed by atoms with Crippen LogP contribution in [0.2, 0.25) is 0 Å². The van der Waals surface area contributed by atoms with Crippen molar-refractivity contribution in [2.75, 3.05) is 23.1 Å². The number of ether oxygens (including phenoxy) is 1. The van der Waals surface area contributed by atoms with Crippen LogP contribution in [-0.4, -0.2) is 24.0 Å². The number of fused-ring (bicyclic) bond motifs is 1. The van der Waals surface area contributed by atoms with Crippen LogP contribution in [0.4, 0.5) is 21.3 Å². The first-order chi connectivity index (χ1) is 15.4. The molecule has 162 valence electrons. The number of amides is 3. The van der Waals surface area contributed by atoms with Gasteiger partial charge >= 0.3 is 6.03 Å². The third-order valence-electron chi connectivity index (χ3n) is 4.82. The Labute approximate surface area is 189 Å². The second kappa shape index (κ2) is 9.07. The van der Waals surface area contributed by atoms with Gasteiger partial charge in [-0.25, -0.2) is 9.78 Å². The maximum absolute atomic E-state index is 12.5. The third-order valence-corrected chi connectivity index (χ3v) is 5.74. The first-order valence-electron chi connectivity index (χ1n) is 9.93. The summed E-state index contributed by atoms with van der Waals surface area (Å²) in [4.78, 5) is 29.5. The molecule has 0 unspecified atom stereocenters. The summed E-state index contributed by atoms with van der Waals surface area (Å²) in [6.07, 6.45) is 0. The van der Waals surface area contributed by atoms with E-state index in [0.717, 1.165) is 21.5 Å². The Morgan fingerprint density at radius 3 is 2.44 bits per heavy atom. The van der Waals surface area contributed by atoms with E-state index >= 15 is 0 Å². The summed E-state index contributed by atoms with van der Waals surface area (Å²) < 4.78 is 6.24. The molecular weight excluding hydrogens is 424 g/mol. The molecule has 0 spiro atoms. The Bertz CT molecular complexity index is 1300. The number of aromatic nitrogens is 1. The van der Waals surface area contributed by atoms with Crippen molar-refractivity contribution in [1.29, 1.82) is 0 Å². The standard InChI is InChI=1S/C24H22N4O3S/c1-14-9-10-18(15(2)11-14)26-23(30)25-17-12-19(31-3)21-20(13-17)32-24(27-21)28-22(29)16-7-5-4-6-8-16/h4-13H,1-3H3,(H2,25,26,30)(H,27,28,29). The van der Waals surface area contributed by atoms with Gasteiger partial charge in [-0.2, -0.15) is 0 Å². The van der Waals surface area contributed by atoms with Crippen molar-refractivity contribution in [3.63, 3.8) is 0 Å². The van der Waals surface area contributed by atoms with Crippen molar-refractivity contribution in [2.24, 2.45) is 0 Å². The zero-order chi connectivity index (χ0) is 22.7. The molecule has 0 aliphatic heterocycles. The second-order valence-corrected chi connectivity index (χ2v) is 8.29. The van der Waals surface area contributed by atoms with Crippen LogP contribution in [0.3, 0.4) is 0 Å². The summed E-state index contributed by atoms with van der Waals surface area (Å²) in [6.45, 7) is 3.95. The average molecular weight is 447 g/mol. The molecule has 0 saturated heterocycles. The van der Waals surface area contributed by atoms with Gasteiger partial charge in [-0.15, -0.1) is 0 Å². The van der Waals surface area contributed by atoms with Gasteiger partial charge < -0.3 is 15.4 Å². The van der Waals surface area contributed by atoms with Crippen LogP contribution in [0, 0.1) is 13.8 Å². The number of thiazole rings is 1. The van der Waals surface area contributed by atoms with Gasteiger partial charge in [0.15, 0.2) is 5.13 Å². The fraction of sp³-hybridized carbons (Fsp3) is 0.125. The van der Waals surface area contributed by atoms with Gasteiger partial charge in [0.05, 0.1) is 11.8 Å². The molecule has 8 heteroatoms. The van der Waals surface area contributed by atoms with E-state index in [4.69, 9.17) is 4.74 Å². The summed E-state index contributed by atoms with van der Waals surface area (Å²) in [6, 6.07) is 17.9. The average Bonchev–Trinajstić information content (AvgIpc) is 3.18. The lowest BCUT2D eigenvalue weighted by molar-refractivity contribution is 0.102. The number of benzene rings is 3. The maximum Gasteiger partial charge on any atom is 0.323 e. The Morgan fingerprint density at radius 2 is 1.72 bits per heavy atom. The predicted molar refractivity (Wildman–Crippen MR) is 129 cm³/mol. The second-order valence-electron chi connectivity index (χ2n) is 7.26. The van der Waals surface area contributed by atoms with Gasteiger partial charge in [-0.3, -0.25) is 10.1 Å². The van der Waals surface area contributed by atoms with E-state index < -0.39 is 0 Å². The zero-order valence-corrected chi connectivity index (χ0v) is 18.7. The molecule has 0 aliphatic carbocycles. The molecule has 4 rings (SSSR count). The predicted octanol–water partition coefficient (Wildman–Crippen LogP) is 5.82. The van der Waals surface area contributed by atoms with E-state index in [-0.39, 0.29) is 11.9 Å². The molecule has 3 N–H and O–H groups in total. The van der Waals surface area contributed by atoms with Crippen LogP contribution in [-0.2, 0) is 0 Å². The first kappa shape index (κ1) is 21.3. The number of rotatable bonds is 5. The topological polar surface area (TPSA) is 92.4 Å². The van der Waals surface area contributed by atoms with Gasteiger partial charge in [0.2, 0.25) is 0 Å². The van der Waals surface area contributed by atoms with Crippen molar-refractivity contribution in [2.45, 2.75) is 13.8 Å². The minimum atomic E-state index is -0.361. The fourth-order valence-corrected chi connectivity index (χ4v) is 4.20. The molecule has 1 heterocycles. The molecule has 0 atom stereocenters. The molecule has 0 radical (unpaired) electrons. The lowest BCUT2D eigenvalue weighted by Gasteiger charge is -2.11. The summed E-state index contributed by atoms with van der Waals surface area (Å²) in [7, 11) is 1.54. The van der Waals surface area contributed by atoms with Crippen LogP contribution in [0.1, 0.15) is 21.5 Å². The minimum absolute atomic E-state index is 0.241. The SMILES string of the molecule is COc1cc(NC(=O)Nc2ccc(C)cc2C)cc2sc(NC(=O)c3ccccc3)nc12. The molecule has 32 heavy (non-hydrogen) atoms. The van der Waals surface area contributed by atoms with Crippen molar-refractivity contribution < 1.29 is 14.3 Å². The van der Waals surface area contributed by atoms with Crippen LogP contribution in [0.5, 0.6) is 5.75 Å². The molecule has 0 fully saturated rings. The zero-order valence-electron chi connectivity index (χ0n) is 17.9. The van der Waals surface area contributed by atoms with E-state index in [1.54, 1.807) is 36.4 Å². The highest BCUT2D eigenvalue weighted by Crippen LogP contribution is 2.35. The smallest absolute Gasteiger partial charge is 0.323 e. The van der Waals surface area contributed by atoms with E-state index in [9.17, 15) is 9.59 Å². The van der Waals surface area contributed by atoms with Gasteiger partial charge in [-0.1, -0.05) is 47.2 Å². The third kappa shape index (κ3) is 4.70. The number of nitrogens with zero attached hydrogens (tertiary/aromatic N) is 1. The Balaban J connectivity index is 1.54. The molecular formula is C24H22N4O3S. The van der Waals surface area contributed by atoms with Gasteiger partial charge in [0.25, 0.3) is 5.91 Å². The quantitative estimate of drug-likeness (QED) is 0.360. The Hall–Kier alpha value is -3.91. The van der Waals surface area contributed by atoms with E-state index in [0.29, 0.717) is 27.6 Å². The van der Waals surface area contributed by atoms with Crippen molar-refractivity contribution >= 4 is 50.0 Å². The molecule has 3 amide bonds. The lowest BCUT2D eigenvalue weighted by atomic mass is 10.1. The summed E-state index contributed by atoms with van der Waals surface area (Å²) in [5.41, 5.74) is 4.56. The number of hydrogen-bond acceptors (Lipinski definition) is 5. The van der Waals surface area contributed by atoms with Crippen molar-refractivity contribution in [1.82, 2.24) is 4.98 Å². The van der Waals surface area contributed by atoms with Gasteiger partial charge in [-0.05, 0) is 43.7 Å². The minimum Gasteiger partial charge on any atom is -0.494 e. The van der Waals surface area contributed by atoms with E-state index in [1.165, 1.54) is 18.4 Å². The number of aryl methyl sites for hydroxylation is 2. The van der Waals surface area contributed by atoms with E-state index in [2.05, 4.69) is 20.9 Å². The van der Waals surface area contributed by atoms with E-state index in [1.807, 2.05) is 38.1 Å². The first-order valence-corrected chi connectivity index (χ1v) is 10.7. The molecule has 0 bridgehead atoms. The summed E-state index contributed by atoms with van der Waals surface area (Å²) in [5.74, 6) is 0.260. The number of methoxy groups -OCH3 is 1. The maximum atomic E-state index is 12.5. The highest BCUT2D eigenvalue weighted by molar-refractivity contribution is 7.22. The van der Waals surface area contributed by atoms with Gasteiger partial charge in [0, 0.05) is 23.0 Å². The van der Waals surface area contributed by atoms with Crippen LogP contribution in [0.15, 0.2) is 60.7 Å². The molecule has 7 nitrogen and oxygen atoms in total. The molecule has 0 aliphatic rings. The van der Waals surface area contributed by atoms with Crippen LogP contribution < -0.4 is 20.7 Å². The van der Waals surface area contributed by atoms with Crippen LogP contribution >= 0.6 is 11.3 Å². The highest BCUT2D eigenvalue weighted by atomic mass is 32.1. The normalized spacial score (nSPS) is 10.6. The molecule has 1 aromatic heterocycles. The fourth-order valence-electron chi connectivity index (χ4n) is 3.28. The number of carbonyl (C=O) groups excluding carboxylic acids is 2. The molecule has 4 aromatic rings. The van der Waals surface area contributed by atoms with Gasteiger partial charge in [0.1, 0.15) is 11.3 Å².